The van der Waals surface area contributed by atoms with Crippen LogP contribution in [0.5, 0.6) is 0 Å². The highest BCUT2D eigenvalue weighted by atomic mass is 16.5. The summed E-state index contributed by atoms with van der Waals surface area (Å²) in [6.07, 6.45) is 7.61. The Kier molecular flexibility index (Phi) is 3.13. The molecule has 2 aliphatic rings. The van der Waals surface area contributed by atoms with E-state index >= 15 is 0 Å². The van der Waals surface area contributed by atoms with Gasteiger partial charge in [-0.25, -0.2) is 0 Å². The second kappa shape index (κ2) is 4.38. The summed E-state index contributed by atoms with van der Waals surface area (Å²) in [7, 11) is 0. The highest BCUT2D eigenvalue weighted by molar-refractivity contribution is 5.74. The molecule has 3 atom stereocenters. The second-order valence-electron chi connectivity index (χ2n) is 5.24. The lowest BCUT2D eigenvalue weighted by molar-refractivity contribution is -0.149. The average molecular weight is 208 g/mol. The Morgan fingerprint density at radius 1 is 1.40 bits per heavy atom. The maximum absolute atomic E-state index is 11.8. The van der Waals surface area contributed by atoms with Gasteiger partial charge in [0.25, 0.3) is 0 Å². The van der Waals surface area contributed by atoms with Crippen LogP contribution in [0.4, 0.5) is 0 Å². The van der Waals surface area contributed by atoms with E-state index in [2.05, 4.69) is 26.0 Å². The summed E-state index contributed by atoms with van der Waals surface area (Å²) in [5.41, 5.74) is 0. The number of carbonyl (C=O) groups excluding carboxylic acids is 1. The Morgan fingerprint density at radius 3 is 2.73 bits per heavy atom. The summed E-state index contributed by atoms with van der Waals surface area (Å²) in [4.78, 5) is 11.8. The van der Waals surface area contributed by atoms with Crippen molar-refractivity contribution in [3.05, 3.63) is 12.2 Å². The molecule has 0 aromatic rings. The molecule has 2 bridgehead atoms. The van der Waals surface area contributed by atoms with Crippen LogP contribution in [-0.2, 0) is 9.53 Å². The molecule has 0 saturated heterocycles. The predicted octanol–water partition coefficient (Wildman–Crippen LogP) is 2.79. The Hall–Kier alpha value is -0.790. The molecule has 0 spiro atoms. The third kappa shape index (κ3) is 2.42. The van der Waals surface area contributed by atoms with Gasteiger partial charge in [-0.3, -0.25) is 4.79 Å². The van der Waals surface area contributed by atoms with E-state index in [-0.39, 0.29) is 11.9 Å². The molecular formula is C13H20O2. The fourth-order valence-electron chi connectivity index (χ4n) is 2.55. The van der Waals surface area contributed by atoms with Crippen molar-refractivity contribution in [3.8, 4) is 0 Å². The zero-order chi connectivity index (χ0) is 10.8. The fraction of sp³-hybridized carbons (Fsp3) is 0.769. The van der Waals surface area contributed by atoms with Crippen LogP contribution in [0.1, 0.15) is 33.1 Å². The molecule has 0 heterocycles. The van der Waals surface area contributed by atoms with Crippen LogP contribution in [0.2, 0.25) is 0 Å². The molecule has 15 heavy (non-hydrogen) atoms. The van der Waals surface area contributed by atoms with Crippen LogP contribution >= 0.6 is 0 Å². The van der Waals surface area contributed by atoms with Crippen molar-refractivity contribution in [1.29, 1.82) is 0 Å². The molecule has 1 saturated carbocycles. The lowest BCUT2D eigenvalue weighted by atomic mass is 9.94. The monoisotopic (exact) mass is 208 g/mol. The van der Waals surface area contributed by atoms with Crippen LogP contribution in [0, 0.1) is 23.7 Å². The number of hydrogen-bond acceptors (Lipinski definition) is 2. The van der Waals surface area contributed by atoms with Gasteiger partial charge < -0.3 is 4.74 Å². The first-order valence-corrected chi connectivity index (χ1v) is 6.01. The minimum Gasteiger partial charge on any atom is -0.465 e. The van der Waals surface area contributed by atoms with Crippen molar-refractivity contribution in [2.45, 2.75) is 33.1 Å². The fourth-order valence-corrected chi connectivity index (χ4v) is 2.55. The maximum Gasteiger partial charge on any atom is 0.309 e. The number of carbonyl (C=O) groups is 1. The van der Waals surface area contributed by atoms with E-state index in [0.717, 1.165) is 12.8 Å². The quantitative estimate of drug-likeness (QED) is 0.524. The number of hydrogen-bond donors (Lipinski definition) is 0. The van der Waals surface area contributed by atoms with Gasteiger partial charge in [0.15, 0.2) is 0 Å². The van der Waals surface area contributed by atoms with Gasteiger partial charge in [-0.15, -0.1) is 0 Å². The summed E-state index contributed by atoms with van der Waals surface area (Å²) in [6.45, 7) is 4.89. The van der Waals surface area contributed by atoms with Crippen LogP contribution in [0.25, 0.3) is 0 Å². The topological polar surface area (TPSA) is 26.3 Å². The summed E-state index contributed by atoms with van der Waals surface area (Å²) in [5.74, 6) is 1.93. The smallest absolute Gasteiger partial charge is 0.309 e. The SMILES string of the molecule is CC(C)CCOC(=O)C1CC2C=CC1C2. The largest absolute Gasteiger partial charge is 0.465 e. The molecule has 3 unspecified atom stereocenters. The van der Waals surface area contributed by atoms with E-state index in [1.807, 2.05) is 0 Å². The summed E-state index contributed by atoms with van der Waals surface area (Å²) in [5, 5.41) is 0. The van der Waals surface area contributed by atoms with E-state index in [9.17, 15) is 4.79 Å². The van der Waals surface area contributed by atoms with Gasteiger partial charge in [-0.05, 0) is 37.0 Å². The van der Waals surface area contributed by atoms with Gasteiger partial charge in [0, 0.05) is 0 Å². The molecule has 0 aromatic carbocycles. The molecule has 0 amide bonds. The third-order valence-electron chi connectivity index (χ3n) is 3.52. The van der Waals surface area contributed by atoms with Crippen molar-refractivity contribution >= 4 is 5.97 Å². The zero-order valence-electron chi connectivity index (χ0n) is 9.61. The van der Waals surface area contributed by atoms with Crippen molar-refractivity contribution in [2.75, 3.05) is 6.61 Å². The van der Waals surface area contributed by atoms with E-state index in [1.165, 1.54) is 6.42 Å². The van der Waals surface area contributed by atoms with Crippen LogP contribution in [0.3, 0.4) is 0 Å². The Morgan fingerprint density at radius 2 is 2.20 bits per heavy atom. The van der Waals surface area contributed by atoms with Crippen LogP contribution in [0.15, 0.2) is 12.2 Å². The van der Waals surface area contributed by atoms with E-state index in [4.69, 9.17) is 4.74 Å². The summed E-state index contributed by atoms with van der Waals surface area (Å²) >= 11 is 0. The molecule has 2 rings (SSSR count). The standard InChI is InChI=1S/C13H20O2/c1-9(2)5-6-15-13(14)12-8-10-3-4-11(12)7-10/h3-4,9-12H,5-8H2,1-2H3. The van der Waals surface area contributed by atoms with Crippen molar-refractivity contribution in [3.63, 3.8) is 0 Å². The lowest BCUT2D eigenvalue weighted by Gasteiger charge is -2.16. The highest BCUT2D eigenvalue weighted by Gasteiger charge is 2.40. The van der Waals surface area contributed by atoms with Gasteiger partial charge in [0.05, 0.1) is 12.5 Å². The Balaban J connectivity index is 1.75. The van der Waals surface area contributed by atoms with E-state index in [0.29, 0.717) is 24.4 Å². The number of allylic oxidation sites excluding steroid dienone is 2. The van der Waals surface area contributed by atoms with Gasteiger partial charge in [0.2, 0.25) is 0 Å². The Bertz CT molecular complexity index is 268. The van der Waals surface area contributed by atoms with Crippen molar-refractivity contribution < 1.29 is 9.53 Å². The normalized spacial score (nSPS) is 32.6. The van der Waals surface area contributed by atoms with Crippen molar-refractivity contribution in [1.82, 2.24) is 0 Å². The number of ether oxygens (including phenoxy) is 1. The van der Waals surface area contributed by atoms with Gasteiger partial charge in [0.1, 0.15) is 0 Å². The first kappa shape index (κ1) is 10.7. The highest BCUT2D eigenvalue weighted by Crippen LogP contribution is 2.43. The summed E-state index contributed by atoms with van der Waals surface area (Å²) < 4.78 is 5.32. The first-order valence-electron chi connectivity index (χ1n) is 6.01. The molecular weight excluding hydrogens is 188 g/mol. The third-order valence-corrected chi connectivity index (χ3v) is 3.52. The lowest BCUT2D eigenvalue weighted by Crippen LogP contribution is -2.22. The molecule has 84 valence electrons. The Labute approximate surface area is 91.7 Å². The molecule has 2 aliphatic carbocycles. The minimum absolute atomic E-state index is 0.0347. The molecule has 0 aliphatic heterocycles. The van der Waals surface area contributed by atoms with E-state index in [1.54, 1.807) is 0 Å². The van der Waals surface area contributed by atoms with Crippen LogP contribution < -0.4 is 0 Å². The van der Waals surface area contributed by atoms with Gasteiger partial charge >= 0.3 is 5.97 Å². The van der Waals surface area contributed by atoms with Crippen LogP contribution in [-0.4, -0.2) is 12.6 Å². The van der Waals surface area contributed by atoms with Gasteiger partial charge in [-0.2, -0.15) is 0 Å². The zero-order valence-corrected chi connectivity index (χ0v) is 9.61. The minimum atomic E-state index is 0.0347. The number of esters is 1. The molecule has 0 radical (unpaired) electrons. The molecule has 0 aromatic heterocycles. The van der Waals surface area contributed by atoms with Gasteiger partial charge in [-0.1, -0.05) is 26.0 Å². The maximum atomic E-state index is 11.8. The van der Waals surface area contributed by atoms with E-state index < -0.39 is 0 Å². The van der Waals surface area contributed by atoms with Crippen molar-refractivity contribution in [2.24, 2.45) is 23.7 Å². The molecule has 2 heteroatoms. The number of fused-ring (bicyclic) bond motifs is 2. The first-order chi connectivity index (χ1) is 7.16. The summed E-state index contributed by atoms with van der Waals surface area (Å²) in [6, 6.07) is 0. The molecule has 2 nitrogen and oxygen atoms in total. The second-order valence-corrected chi connectivity index (χ2v) is 5.24. The predicted molar refractivity (Wildman–Crippen MR) is 59.3 cm³/mol. The molecule has 0 N–H and O–H groups in total. The molecule has 1 fully saturated rings. The average Bonchev–Trinajstić information content (AvgIpc) is 2.77. The number of rotatable bonds is 4.